The van der Waals surface area contributed by atoms with Crippen molar-refractivity contribution in [1.29, 1.82) is 0 Å². The van der Waals surface area contributed by atoms with Crippen molar-refractivity contribution in [2.45, 2.75) is 38.5 Å². The Kier molecular flexibility index (Phi) is 6.34. The van der Waals surface area contributed by atoms with Gasteiger partial charge in [-0.3, -0.25) is 18.4 Å². The molecule has 0 heterocycles. The Labute approximate surface area is 102 Å². The van der Waals surface area contributed by atoms with Crippen LogP contribution >= 0.6 is 7.82 Å². The fraction of sp³-hybridized carbons (Fsp3) is 0.909. The largest absolute Gasteiger partial charge is 0.474 e. The summed E-state index contributed by atoms with van der Waals surface area (Å²) in [6.45, 7) is -0.199. The third-order valence-electron chi connectivity index (χ3n) is 3.07. The second kappa shape index (κ2) is 7.27. The van der Waals surface area contributed by atoms with Gasteiger partial charge >= 0.3 is 7.82 Å². The SMILES string of the molecule is COP(=O)(OC)OCC(=O)CC1CCCCC1. The molecule has 1 rings (SSSR count). The number of rotatable bonds is 7. The first-order chi connectivity index (χ1) is 8.09. The van der Waals surface area contributed by atoms with Gasteiger partial charge in [0.05, 0.1) is 0 Å². The van der Waals surface area contributed by atoms with Gasteiger partial charge < -0.3 is 0 Å². The van der Waals surface area contributed by atoms with Crippen molar-refractivity contribution in [1.82, 2.24) is 0 Å². The average molecular weight is 264 g/mol. The molecule has 0 aromatic heterocycles. The zero-order chi connectivity index (χ0) is 12.7. The number of phosphoric acid groups is 1. The van der Waals surface area contributed by atoms with Gasteiger partial charge in [0.25, 0.3) is 0 Å². The van der Waals surface area contributed by atoms with Crippen molar-refractivity contribution in [3.05, 3.63) is 0 Å². The highest BCUT2D eigenvalue weighted by atomic mass is 31.2. The third-order valence-corrected chi connectivity index (χ3v) is 4.41. The monoisotopic (exact) mass is 264 g/mol. The van der Waals surface area contributed by atoms with E-state index in [1.165, 1.54) is 33.5 Å². The third kappa shape index (κ3) is 5.30. The van der Waals surface area contributed by atoms with Crippen LogP contribution in [0.3, 0.4) is 0 Å². The minimum Gasteiger partial charge on any atom is -0.297 e. The lowest BCUT2D eigenvalue weighted by Crippen LogP contribution is -2.16. The van der Waals surface area contributed by atoms with Crippen LogP contribution in [0.5, 0.6) is 0 Å². The van der Waals surface area contributed by atoms with Gasteiger partial charge in [-0.2, -0.15) is 0 Å². The van der Waals surface area contributed by atoms with Crippen LogP contribution in [-0.4, -0.2) is 26.6 Å². The molecule has 0 saturated heterocycles. The van der Waals surface area contributed by atoms with Crippen LogP contribution in [0, 0.1) is 5.92 Å². The molecule has 0 radical (unpaired) electrons. The maximum absolute atomic E-state index is 11.6. The average Bonchev–Trinajstić information content (AvgIpc) is 2.37. The van der Waals surface area contributed by atoms with Crippen molar-refractivity contribution in [3.8, 4) is 0 Å². The molecule has 0 bridgehead atoms. The van der Waals surface area contributed by atoms with Crippen LogP contribution in [-0.2, 0) is 22.9 Å². The van der Waals surface area contributed by atoms with Crippen LogP contribution in [0.4, 0.5) is 0 Å². The number of hydrogen-bond acceptors (Lipinski definition) is 5. The first-order valence-electron chi connectivity index (χ1n) is 5.97. The van der Waals surface area contributed by atoms with E-state index in [1.54, 1.807) is 0 Å². The van der Waals surface area contributed by atoms with E-state index in [1.807, 2.05) is 0 Å². The summed E-state index contributed by atoms with van der Waals surface area (Å²) >= 11 is 0. The summed E-state index contributed by atoms with van der Waals surface area (Å²) in [5.74, 6) is 0.426. The minimum atomic E-state index is -3.51. The first-order valence-corrected chi connectivity index (χ1v) is 7.43. The summed E-state index contributed by atoms with van der Waals surface area (Å²) in [6, 6.07) is 0. The van der Waals surface area contributed by atoms with Gasteiger partial charge in [-0.15, -0.1) is 0 Å². The van der Waals surface area contributed by atoms with E-state index in [0.717, 1.165) is 12.8 Å². The second-order valence-electron chi connectivity index (χ2n) is 4.33. The number of phosphoric ester groups is 1. The summed E-state index contributed by atoms with van der Waals surface area (Å²) in [7, 11) is -1.05. The predicted molar refractivity (Wildman–Crippen MR) is 63.8 cm³/mol. The van der Waals surface area contributed by atoms with Crippen LogP contribution in [0.1, 0.15) is 38.5 Å². The van der Waals surface area contributed by atoms with Crippen molar-refractivity contribution in [2.75, 3.05) is 20.8 Å². The van der Waals surface area contributed by atoms with Gasteiger partial charge in [-0.1, -0.05) is 32.1 Å². The maximum atomic E-state index is 11.6. The molecule has 0 unspecified atom stereocenters. The van der Waals surface area contributed by atoms with E-state index < -0.39 is 7.82 Å². The summed E-state index contributed by atoms with van der Waals surface area (Å²) in [4.78, 5) is 11.6. The van der Waals surface area contributed by atoms with Crippen molar-refractivity contribution in [2.24, 2.45) is 5.92 Å². The molecule has 6 heteroatoms. The number of carbonyl (C=O) groups excluding carboxylic acids is 1. The quantitative estimate of drug-likeness (QED) is 0.661. The molecule has 0 aliphatic heterocycles. The molecule has 1 saturated carbocycles. The van der Waals surface area contributed by atoms with E-state index in [-0.39, 0.29) is 12.4 Å². The highest BCUT2D eigenvalue weighted by molar-refractivity contribution is 7.48. The molecular formula is C11H21O5P. The minimum absolute atomic E-state index is 0.0359. The number of carbonyl (C=O) groups is 1. The van der Waals surface area contributed by atoms with Gasteiger partial charge in [-0.25, -0.2) is 4.57 Å². The molecule has 1 fully saturated rings. The number of Topliss-reactive ketones (excluding diaryl/α,β-unsaturated/α-hetero) is 1. The zero-order valence-electron chi connectivity index (χ0n) is 10.5. The lowest BCUT2D eigenvalue weighted by atomic mass is 9.86. The topological polar surface area (TPSA) is 61.8 Å². The Hall–Kier alpha value is -0.220. The van der Waals surface area contributed by atoms with Crippen molar-refractivity contribution >= 4 is 13.6 Å². The van der Waals surface area contributed by atoms with Gasteiger partial charge in [0.2, 0.25) is 0 Å². The van der Waals surface area contributed by atoms with E-state index in [4.69, 9.17) is 4.52 Å². The smallest absolute Gasteiger partial charge is 0.297 e. The Morgan fingerprint density at radius 1 is 1.18 bits per heavy atom. The molecule has 0 atom stereocenters. The summed E-state index contributed by atoms with van der Waals surface area (Å²) in [5.41, 5.74) is 0. The molecule has 5 nitrogen and oxygen atoms in total. The van der Waals surface area contributed by atoms with E-state index >= 15 is 0 Å². The van der Waals surface area contributed by atoms with E-state index in [2.05, 4.69) is 9.05 Å². The van der Waals surface area contributed by atoms with Crippen molar-refractivity contribution < 1.29 is 22.9 Å². The Morgan fingerprint density at radius 3 is 2.29 bits per heavy atom. The van der Waals surface area contributed by atoms with Gasteiger partial charge in [0, 0.05) is 20.6 Å². The molecule has 0 N–H and O–H groups in total. The highest BCUT2D eigenvalue weighted by Crippen LogP contribution is 2.47. The standard InChI is InChI=1S/C11H21O5P/c1-14-17(13,15-2)16-9-11(12)8-10-6-4-3-5-7-10/h10H,3-9H2,1-2H3. The predicted octanol–water partition coefficient (Wildman–Crippen LogP) is 2.94. The van der Waals surface area contributed by atoms with Crippen LogP contribution < -0.4 is 0 Å². The Morgan fingerprint density at radius 2 is 1.76 bits per heavy atom. The first kappa shape index (κ1) is 14.8. The fourth-order valence-corrected chi connectivity index (χ4v) is 2.77. The van der Waals surface area contributed by atoms with Gasteiger partial charge in [0.15, 0.2) is 5.78 Å². The van der Waals surface area contributed by atoms with Crippen LogP contribution in [0.25, 0.3) is 0 Å². The number of ketones is 1. The summed E-state index contributed by atoms with van der Waals surface area (Å²) in [6.07, 6.45) is 6.40. The van der Waals surface area contributed by atoms with Gasteiger partial charge in [-0.05, 0) is 5.92 Å². The highest BCUT2D eigenvalue weighted by Gasteiger charge is 2.25. The molecule has 0 amide bonds. The molecular weight excluding hydrogens is 243 g/mol. The lowest BCUT2D eigenvalue weighted by Gasteiger charge is -2.21. The second-order valence-corrected chi connectivity index (χ2v) is 6.22. The Bertz CT molecular complexity index is 278. The van der Waals surface area contributed by atoms with E-state index in [0.29, 0.717) is 12.3 Å². The molecule has 0 aromatic rings. The summed E-state index contributed by atoms with van der Waals surface area (Å²) in [5, 5.41) is 0. The normalized spacial score (nSPS) is 18.2. The zero-order valence-corrected chi connectivity index (χ0v) is 11.4. The number of hydrogen-bond donors (Lipinski definition) is 0. The Balaban J connectivity index is 2.27. The molecule has 1 aliphatic carbocycles. The van der Waals surface area contributed by atoms with Crippen LogP contribution in [0.15, 0.2) is 0 Å². The molecule has 17 heavy (non-hydrogen) atoms. The molecule has 0 spiro atoms. The van der Waals surface area contributed by atoms with Gasteiger partial charge in [0.1, 0.15) is 6.61 Å². The summed E-state index contributed by atoms with van der Waals surface area (Å²) < 4.78 is 25.6. The molecule has 100 valence electrons. The lowest BCUT2D eigenvalue weighted by molar-refractivity contribution is -0.122. The molecule has 1 aliphatic rings. The van der Waals surface area contributed by atoms with E-state index in [9.17, 15) is 9.36 Å². The van der Waals surface area contributed by atoms with Crippen molar-refractivity contribution in [3.63, 3.8) is 0 Å². The van der Waals surface area contributed by atoms with Crippen LogP contribution in [0.2, 0.25) is 0 Å². The fourth-order valence-electron chi connectivity index (χ4n) is 2.10. The molecule has 0 aromatic carbocycles. The maximum Gasteiger partial charge on any atom is 0.474 e.